The Balaban J connectivity index is 2.38. The van der Waals surface area contributed by atoms with E-state index in [-0.39, 0.29) is 18.2 Å². The van der Waals surface area contributed by atoms with Crippen LogP contribution >= 0.6 is 23.2 Å². The summed E-state index contributed by atoms with van der Waals surface area (Å²) in [6.07, 6.45) is 0.228. The molecule has 0 spiro atoms. The molecule has 0 saturated heterocycles. The van der Waals surface area contributed by atoms with Gasteiger partial charge in [0.05, 0.1) is 0 Å². The maximum atomic E-state index is 13.7. The number of rotatable bonds is 3. The lowest BCUT2D eigenvalue weighted by Gasteiger charge is -2.09. The zero-order chi connectivity index (χ0) is 14.0. The van der Waals surface area contributed by atoms with Gasteiger partial charge in [-0.3, -0.25) is 0 Å². The van der Waals surface area contributed by atoms with E-state index in [0.717, 1.165) is 5.69 Å². The molecule has 0 radical (unpaired) electrons. The van der Waals surface area contributed by atoms with Crippen LogP contribution in [-0.2, 0) is 6.42 Å². The molecule has 0 aliphatic carbocycles. The Kier molecular flexibility index (Phi) is 4.38. The molecule has 1 heterocycles. The Hall–Kier alpha value is -1.19. The number of aromatic nitrogens is 2. The highest BCUT2D eigenvalue weighted by atomic mass is 35.5. The van der Waals surface area contributed by atoms with Gasteiger partial charge in [-0.05, 0) is 24.1 Å². The molecule has 0 N–H and O–H groups in total. The average Bonchev–Trinajstić information content (AvgIpc) is 2.33. The molecule has 1 aromatic carbocycles. The Labute approximate surface area is 121 Å². The van der Waals surface area contributed by atoms with E-state index >= 15 is 0 Å². The third kappa shape index (κ3) is 3.43. The van der Waals surface area contributed by atoms with Gasteiger partial charge in [0.25, 0.3) is 0 Å². The average molecular weight is 299 g/mol. The van der Waals surface area contributed by atoms with Crippen LogP contribution in [0, 0.1) is 5.82 Å². The number of hydrogen-bond acceptors (Lipinski definition) is 2. The summed E-state index contributed by atoms with van der Waals surface area (Å²) in [6, 6.07) is 6.31. The van der Waals surface area contributed by atoms with Crippen LogP contribution < -0.4 is 0 Å². The van der Waals surface area contributed by atoms with Crippen molar-refractivity contribution in [3.05, 3.63) is 57.3 Å². The summed E-state index contributed by atoms with van der Waals surface area (Å²) in [4.78, 5) is 8.51. The van der Waals surface area contributed by atoms with Gasteiger partial charge in [0.15, 0.2) is 0 Å². The highest BCUT2D eigenvalue weighted by Gasteiger charge is 2.12. The largest absolute Gasteiger partial charge is 0.237 e. The smallest absolute Gasteiger partial charge is 0.134 e. The third-order valence-corrected chi connectivity index (χ3v) is 3.30. The summed E-state index contributed by atoms with van der Waals surface area (Å²) in [6.45, 7) is 4.02. The predicted octanol–water partition coefficient (Wildman–Crippen LogP) is 4.64. The van der Waals surface area contributed by atoms with Gasteiger partial charge < -0.3 is 0 Å². The number of halogens is 3. The van der Waals surface area contributed by atoms with Crippen LogP contribution in [0.1, 0.15) is 36.8 Å². The SMILES string of the molecule is CC(C)c1cc(Cl)nc(Cc2c(F)cccc2Cl)n1. The summed E-state index contributed by atoms with van der Waals surface area (Å²) in [7, 11) is 0. The van der Waals surface area contributed by atoms with E-state index in [9.17, 15) is 4.39 Å². The fraction of sp³-hybridized carbons (Fsp3) is 0.286. The third-order valence-electron chi connectivity index (χ3n) is 2.75. The second-order valence-corrected chi connectivity index (χ2v) is 5.36. The zero-order valence-corrected chi connectivity index (χ0v) is 12.1. The van der Waals surface area contributed by atoms with E-state index in [1.165, 1.54) is 6.07 Å². The van der Waals surface area contributed by atoms with E-state index in [1.807, 2.05) is 13.8 Å². The first kappa shape index (κ1) is 14.2. The summed E-state index contributed by atoms with van der Waals surface area (Å²) < 4.78 is 13.7. The van der Waals surface area contributed by atoms with Gasteiger partial charge in [0.1, 0.15) is 16.8 Å². The molecule has 0 aliphatic heterocycles. The minimum absolute atomic E-state index is 0.228. The number of hydrogen-bond donors (Lipinski definition) is 0. The normalized spacial score (nSPS) is 11.1. The van der Waals surface area contributed by atoms with E-state index in [4.69, 9.17) is 23.2 Å². The lowest BCUT2D eigenvalue weighted by Crippen LogP contribution is -2.04. The fourth-order valence-electron chi connectivity index (χ4n) is 1.72. The minimum atomic E-state index is -0.359. The molecule has 100 valence electrons. The fourth-order valence-corrected chi connectivity index (χ4v) is 2.16. The van der Waals surface area contributed by atoms with Gasteiger partial charge >= 0.3 is 0 Å². The first-order valence-electron chi connectivity index (χ1n) is 5.93. The van der Waals surface area contributed by atoms with Crippen LogP contribution in [0.25, 0.3) is 0 Å². The van der Waals surface area contributed by atoms with Crippen molar-refractivity contribution >= 4 is 23.2 Å². The van der Waals surface area contributed by atoms with Crippen molar-refractivity contribution in [1.82, 2.24) is 9.97 Å². The predicted molar refractivity (Wildman–Crippen MR) is 75.3 cm³/mol. The number of nitrogens with zero attached hydrogens (tertiary/aromatic N) is 2. The van der Waals surface area contributed by atoms with Crippen molar-refractivity contribution in [1.29, 1.82) is 0 Å². The highest BCUT2D eigenvalue weighted by Crippen LogP contribution is 2.23. The van der Waals surface area contributed by atoms with Crippen molar-refractivity contribution in [2.75, 3.05) is 0 Å². The first-order valence-corrected chi connectivity index (χ1v) is 6.69. The van der Waals surface area contributed by atoms with Gasteiger partial charge in [0.2, 0.25) is 0 Å². The monoisotopic (exact) mass is 298 g/mol. The molecule has 2 nitrogen and oxygen atoms in total. The van der Waals surface area contributed by atoms with Crippen molar-refractivity contribution in [2.45, 2.75) is 26.2 Å². The molecule has 2 rings (SSSR count). The summed E-state index contributed by atoms with van der Waals surface area (Å²) in [5.41, 5.74) is 1.23. The Morgan fingerprint density at radius 3 is 2.58 bits per heavy atom. The molecule has 0 fully saturated rings. The molecular weight excluding hydrogens is 286 g/mol. The van der Waals surface area contributed by atoms with Gasteiger partial charge in [-0.25, -0.2) is 14.4 Å². The standard InChI is InChI=1S/C14H13Cl2FN2/c1-8(2)12-7-13(16)19-14(18-12)6-9-10(15)4-3-5-11(9)17/h3-5,7-8H,6H2,1-2H3. The molecule has 1 aromatic heterocycles. The summed E-state index contributed by atoms with van der Waals surface area (Å²) in [5.74, 6) is 0.348. The van der Waals surface area contributed by atoms with Gasteiger partial charge in [0, 0.05) is 22.7 Å². The van der Waals surface area contributed by atoms with E-state index in [0.29, 0.717) is 21.6 Å². The number of benzene rings is 1. The van der Waals surface area contributed by atoms with Crippen LogP contribution in [0.4, 0.5) is 4.39 Å². The van der Waals surface area contributed by atoms with E-state index in [1.54, 1.807) is 18.2 Å². The second kappa shape index (κ2) is 5.85. The van der Waals surface area contributed by atoms with Crippen LogP contribution in [-0.4, -0.2) is 9.97 Å². The van der Waals surface area contributed by atoms with Gasteiger partial charge in [-0.1, -0.05) is 43.1 Å². The molecule has 0 bridgehead atoms. The van der Waals surface area contributed by atoms with Crippen molar-refractivity contribution in [3.63, 3.8) is 0 Å². The molecular formula is C14H13Cl2FN2. The molecule has 0 aliphatic rings. The maximum Gasteiger partial charge on any atom is 0.134 e. The molecule has 2 aromatic rings. The Bertz CT molecular complexity index is 580. The van der Waals surface area contributed by atoms with Crippen LogP contribution in [0.3, 0.4) is 0 Å². The van der Waals surface area contributed by atoms with E-state index < -0.39 is 0 Å². The first-order chi connectivity index (χ1) is 8.97. The van der Waals surface area contributed by atoms with Crippen molar-refractivity contribution < 1.29 is 4.39 Å². The van der Waals surface area contributed by atoms with Crippen LogP contribution in [0.2, 0.25) is 10.2 Å². The van der Waals surface area contributed by atoms with Crippen molar-refractivity contribution in [3.8, 4) is 0 Å². The van der Waals surface area contributed by atoms with Crippen LogP contribution in [0.5, 0.6) is 0 Å². The van der Waals surface area contributed by atoms with Gasteiger partial charge in [-0.2, -0.15) is 0 Å². The van der Waals surface area contributed by atoms with Gasteiger partial charge in [-0.15, -0.1) is 0 Å². The minimum Gasteiger partial charge on any atom is -0.237 e. The molecule has 0 atom stereocenters. The highest BCUT2D eigenvalue weighted by molar-refractivity contribution is 6.31. The Morgan fingerprint density at radius 1 is 1.21 bits per heavy atom. The second-order valence-electron chi connectivity index (χ2n) is 4.56. The quantitative estimate of drug-likeness (QED) is 0.772. The zero-order valence-electron chi connectivity index (χ0n) is 10.6. The lowest BCUT2D eigenvalue weighted by atomic mass is 10.1. The topological polar surface area (TPSA) is 25.8 Å². The molecule has 5 heteroatoms. The summed E-state index contributed by atoms with van der Waals surface area (Å²) >= 11 is 12.0. The Morgan fingerprint density at radius 2 is 1.95 bits per heavy atom. The molecule has 0 saturated carbocycles. The molecule has 0 unspecified atom stereocenters. The van der Waals surface area contributed by atoms with Crippen LogP contribution in [0.15, 0.2) is 24.3 Å². The molecule has 0 amide bonds. The van der Waals surface area contributed by atoms with E-state index in [2.05, 4.69) is 9.97 Å². The lowest BCUT2D eigenvalue weighted by molar-refractivity contribution is 0.611. The summed E-state index contributed by atoms with van der Waals surface area (Å²) in [5, 5.41) is 0.732. The maximum absolute atomic E-state index is 13.7. The molecule has 19 heavy (non-hydrogen) atoms. The van der Waals surface area contributed by atoms with Crippen molar-refractivity contribution in [2.24, 2.45) is 0 Å².